The molecule has 1 aromatic carbocycles. The largest absolute Gasteiger partial charge is 0.337 e. The van der Waals surface area contributed by atoms with Crippen LogP contribution in [0.2, 0.25) is 0 Å². The zero-order chi connectivity index (χ0) is 13.5. The molecule has 4 heteroatoms. The van der Waals surface area contributed by atoms with Gasteiger partial charge in [0.1, 0.15) is 0 Å². The fourth-order valence-electron chi connectivity index (χ4n) is 1.99. The summed E-state index contributed by atoms with van der Waals surface area (Å²) >= 11 is 0. The number of carbonyl (C=O) groups excluding carboxylic acids is 1. The highest BCUT2D eigenvalue weighted by molar-refractivity contribution is 5.85. The topological polar surface area (TPSA) is 46.3 Å². The summed E-state index contributed by atoms with van der Waals surface area (Å²) in [5, 5.41) is 0. The van der Waals surface area contributed by atoms with E-state index >= 15 is 0 Å². The minimum absolute atomic E-state index is 0. The number of nitrogens with two attached hydrogens (primary N) is 1. The Morgan fingerprint density at radius 3 is 2.32 bits per heavy atom. The van der Waals surface area contributed by atoms with Gasteiger partial charge in [0.2, 0.25) is 5.91 Å². The standard InChI is InChI=1S/C15H24N2O.ClH/c1-4-17(11-13-8-6-5-7-9-13)15(18)14(16)10-12(2)3;/h5-9,12,14H,4,10-11,16H2,1-3H3;1H/t14-;/m0./s1. The lowest BCUT2D eigenvalue weighted by Crippen LogP contribution is -2.43. The van der Waals surface area contributed by atoms with Crippen molar-refractivity contribution in [3.8, 4) is 0 Å². The Morgan fingerprint density at radius 2 is 1.84 bits per heavy atom. The molecule has 108 valence electrons. The summed E-state index contributed by atoms with van der Waals surface area (Å²) < 4.78 is 0. The van der Waals surface area contributed by atoms with Crippen LogP contribution < -0.4 is 5.73 Å². The summed E-state index contributed by atoms with van der Waals surface area (Å²) in [6.07, 6.45) is 0.740. The van der Waals surface area contributed by atoms with Crippen molar-refractivity contribution in [2.24, 2.45) is 11.7 Å². The number of rotatable bonds is 6. The van der Waals surface area contributed by atoms with Crippen molar-refractivity contribution in [1.82, 2.24) is 4.90 Å². The lowest BCUT2D eigenvalue weighted by Gasteiger charge is -2.25. The molecule has 0 aliphatic heterocycles. The fraction of sp³-hybridized carbons (Fsp3) is 0.533. The maximum Gasteiger partial charge on any atom is 0.239 e. The number of hydrogen-bond acceptors (Lipinski definition) is 2. The van der Waals surface area contributed by atoms with Crippen LogP contribution in [-0.2, 0) is 11.3 Å². The summed E-state index contributed by atoms with van der Waals surface area (Å²) in [5.41, 5.74) is 7.10. The first-order chi connectivity index (χ1) is 8.54. The van der Waals surface area contributed by atoms with Crippen LogP contribution >= 0.6 is 12.4 Å². The van der Waals surface area contributed by atoms with E-state index in [2.05, 4.69) is 13.8 Å². The van der Waals surface area contributed by atoms with Gasteiger partial charge < -0.3 is 10.6 Å². The molecule has 1 amide bonds. The van der Waals surface area contributed by atoms with Crippen molar-refractivity contribution in [1.29, 1.82) is 0 Å². The molecule has 0 fully saturated rings. The third-order valence-corrected chi connectivity index (χ3v) is 2.95. The lowest BCUT2D eigenvalue weighted by atomic mass is 10.0. The molecule has 1 rings (SSSR count). The average Bonchev–Trinajstić information content (AvgIpc) is 2.35. The third-order valence-electron chi connectivity index (χ3n) is 2.95. The summed E-state index contributed by atoms with van der Waals surface area (Å²) in [4.78, 5) is 14.0. The molecule has 0 saturated heterocycles. The highest BCUT2D eigenvalue weighted by Gasteiger charge is 2.20. The SMILES string of the molecule is CCN(Cc1ccccc1)C(=O)[C@@H](N)CC(C)C.Cl. The first-order valence-corrected chi connectivity index (χ1v) is 6.62. The highest BCUT2D eigenvalue weighted by atomic mass is 35.5. The molecular formula is C15H25ClN2O. The Bertz CT molecular complexity index is 368. The minimum Gasteiger partial charge on any atom is -0.337 e. The molecular weight excluding hydrogens is 260 g/mol. The van der Waals surface area contributed by atoms with Crippen molar-refractivity contribution in [3.05, 3.63) is 35.9 Å². The molecule has 1 atom stereocenters. The van der Waals surface area contributed by atoms with Gasteiger partial charge in [-0.1, -0.05) is 44.2 Å². The second kappa shape index (κ2) is 8.94. The number of benzene rings is 1. The van der Waals surface area contributed by atoms with Crippen molar-refractivity contribution < 1.29 is 4.79 Å². The van der Waals surface area contributed by atoms with Gasteiger partial charge in [0.05, 0.1) is 6.04 Å². The normalized spacial score (nSPS) is 11.8. The quantitative estimate of drug-likeness (QED) is 0.873. The van der Waals surface area contributed by atoms with E-state index in [0.717, 1.165) is 12.0 Å². The molecule has 2 N–H and O–H groups in total. The van der Waals surface area contributed by atoms with Crippen LogP contribution in [0.15, 0.2) is 30.3 Å². The van der Waals surface area contributed by atoms with Gasteiger partial charge in [-0.2, -0.15) is 0 Å². The van der Waals surface area contributed by atoms with Crippen LogP contribution in [0.1, 0.15) is 32.8 Å². The van der Waals surface area contributed by atoms with E-state index in [0.29, 0.717) is 19.0 Å². The summed E-state index contributed by atoms with van der Waals surface area (Å²) in [6, 6.07) is 9.64. The maximum atomic E-state index is 12.2. The molecule has 3 nitrogen and oxygen atoms in total. The Kier molecular flexibility index (Phi) is 8.44. The van der Waals surface area contributed by atoms with Crippen molar-refractivity contribution in [2.75, 3.05) is 6.54 Å². The highest BCUT2D eigenvalue weighted by Crippen LogP contribution is 2.09. The van der Waals surface area contributed by atoms with Crippen LogP contribution in [0.4, 0.5) is 0 Å². The molecule has 0 radical (unpaired) electrons. The molecule has 0 spiro atoms. The molecule has 0 bridgehead atoms. The molecule has 0 aliphatic rings. The lowest BCUT2D eigenvalue weighted by molar-refractivity contribution is -0.133. The number of halogens is 1. The first-order valence-electron chi connectivity index (χ1n) is 6.62. The molecule has 0 aliphatic carbocycles. The third kappa shape index (κ3) is 6.08. The van der Waals surface area contributed by atoms with Crippen LogP contribution in [-0.4, -0.2) is 23.4 Å². The number of hydrogen-bond donors (Lipinski definition) is 1. The van der Waals surface area contributed by atoms with Gasteiger partial charge in [-0.15, -0.1) is 12.4 Å². The van der Waals surface area contributed by atoms with Gasteiger partial charge in [0, 0.05) is 13.1 Å². The monoisotopic (exact) mass is 284 g/mol. The van der Waals surface area contributed by atoms with Gasteiger partial charge in [-0.05, 0) is 24.8 Å². The fourth-order valence-corrected chi connectivity index (χ4v) is 1.99. The average molecular weight is 285 g/mol. The Morgan fingerprint density at radius 1 is 1.26 bits per heavy atom. The van der Waals surface area contributed by atoms with Crippen molar-refractivity contribution in [3.63, 3.8) is 0 Å². The van der Waals surface area contributed by atoms with Crippen LogP contribution in [0, 0.1) is 5.92 Å². The number of amides is 1. The minimum atomic E-state index is -0.381. The van der Waals surface area contributed by atoms with Gasteiger partial charge in [0.25, 0.3) is 0 Å². The Labute approximate surface area is 122 Å². The molecule has 19 heavy (non-hydrogen) atoms. The molecule has 0 aromatic heterocycles. The number of nitrogens with zero attached hydrogens (tertiary/aromatic N) is 1. The number of carbonyl (C=O) groups is 1. The predicted molar refractivity (Wildman–Crippen MR) is 82.2 cm³/mol. The van der Waals surface area contributed by atoms with Crippen LogP contribution in [0.5, 0.6) is 0 Å². The van der Waals surface area contributed by atoms with Crippen LogP contribution in [0.25, 0.3) is 0 Å². The van der Waals surface area contributed by atoms with Crippen molar-refractivity contribution >= 4 is 18.3 Å². The zero-order valence-electron chi connectivity index (χ0n) is 12.0. The van der Waals surface area contributed by atoms with E-state index in [1.165, 1.54) is 0 Å². The number of likely N-dealkylation sites (N-methyl/N-ethyl adjacent to an activating group) is 1. The van der Waals surface area contributed by atoms with Gasteiger partial charge in [-0.3, -0.25) is 4.79 Å². The summed E-state index contributed by atoms with van der Waals surface area (Å²) in [6.45, 7) is 7.49. The predicted octanol–water partition coefficient (Wildman–Crippen LogP) is 2.83. The summed E-state index contributed by atoms with van der Waals surface area (Å²) in [5.74, 6) is 0.495. The second-order valence-corrected chi connectivity index (χ2v) is 5.07. The maximum absolute atomic E-state index is 12.2. The molecule has 0 unspecified atom stereocenters. The molecule has 0 saturated carbocycles. The molecule has 1 aromatic rings. The van der Waals surface area contributed by atoms with E-state index in [4.69, 9.17) is 5.73 Å². The molecule has 0 heterocycles. The zero-order valence-corrected chi connectivity index (χ0v) is 12.8. The Balaban J connectivity index is 0.00000324. The smallest absolute Gasteiger partial charge is 0.239 e. The first kappa shape index (κ1) is 17.9. The van der Waals surface area contributed by atoms with Gasteiger partial charge >= 0.3 is 0 Å². The van der Waals surface area contributed by atoms with E-state index in [1.807, 2.05) is 42.2 Å². The van der Waals surface area contributed by atoms with E-state index in [9.17, 15) is 4.79 Å². The van der Waals surface area contributed by atoms with Gasteiger partial charge in [0.15, 0.2) is 0 Å². The summed E-state index contributed by atoms with van der Waals surface area (Å²) in [7, 11) is 0. The Hall–Kier alpha value is -1.06. The van der Waals surface area contributed by atoms with E-state index in [-0.39, 0.29) is 24.4 Å². The van der Waals surface area contributed by atoms with E-state index < -0.39 is 0 Å². The second-order valence-electron chi connectivity index (χ2n) is 5.07. The van der Waals surface area contributed by atoms with Gasteiger partial charge in [-0.25, -0.2) is 0 Å². The van der Waals surface area contributed by atoms with Crippen molar-refractivity contribution in [2.45, 2.75) is 39.8 Å². The van der Waals surface area contributed by atoms with E-state index in [1.54, 1.807) is 0 Å². The van der Waals surface area contributed by atoms with Crippen LogP contribution in [0.3, 0.4) is 0 Å².